The molecule has 1 aliphatic rings. The van der Waals surface area contributed by atoms with Crippen molar-refractivity contribution in [1.29, 1.82) is 0 Å². The Morgan fingerprint density at radius 2 is 1.85 bits per heavy atom. The molecule has 20 heavy (non-hydrogen) atoms. The van der Waals surface area contributed by atoms with Crippen molar-refractivity contribution in [3.8, 4) is 0 Å². The molecular formula is C16H25NO3. The van der Waals surface area contributed by atoms with Crippen LogP contribution in [-0.4, -0.2) is 24.1 Å². The standard InChI is InChI=1S/C14H19NO3.C2H6/c1-4-11-10(3)8-13(16)15(12(11)5-2)9-14-17-6-7-18-14;1-2/h4-5,8,14H,6-7,9H2,1-3H3;1-2H3/b11-4-,12-5+;. The van der Waals surface area contributed by atoms with Crippen LogP contribution in [0.4, 0.5) is 0 Å². The Labute approximate surface area is 120 Å². The van der Waals surface area contributed by atoms with Crippen molar-refractivity contribution in [2.75, 3.05) is 13.2 Å². The monoisotopic (exact) mass is 279 g/mol. The minimum absolute atomic E-state index is 0.00898. The Morgan fingerprint density at radius 1 is 1.25 bits per heavy atom. The van der Waals surface area contributed by atoms with E-state index in [1.54, 1.807) is 10.6 Å². The maximum Gasteiger partial charge on any atom is 0.251 e. The minimum Gasteiger partial charge on any atom is -0.348 e. The van der Waals surface area contributed by atoms with E-state index >= 15 is 0 Å². The van der Waals surface area contributed by atoms with Crippen molar-refractivity contribution in [2.24, 2.45) is 0 Å². The maximum absolute atomic E-state index is 12.1. The number of pyridine rings is 1. The number of aromatic nitrogens is 1. The van der Waals surface area contributed by atoms with Crippen molar-refractivity contribution in [3.63, 3.8) is 0 Å². The van der Waals surface area contributed by atoms with Gasteiger partial charge >= 0.3 is 0 Å². The molecule has 0 bridgehead atoms. The minimum atomic E-state index is -0.311. The van der Waals surface area contributed by atoms with Crippen LogP contribution in [0.1, 0.15) is 33.3 Å². The smallest absolute Gasteiger partial charge is 0.251 e. The van der Waals surface area contributed by atoms with E-state index in [4.69, 9.17) is 9.47 Å². The van der Waals surface area contributed by atoms with Gasteiger partial charge in [0, 0.05) is 11.4 Å². The van der Waals surface area contributed by atoms with Crippen molar-refractivity contribution < 1.29 is 9.47 Å². The van der Waals surface area contributed by atoms with E-state index in [9.17, 15) is 4.79 Å². The Morgan fingerprint density at radius 3 is 2.35 bits per heavy atom. The summed E-state index contributed by atoms with van der Waals surface area (Å²) in [5.74, 6) is 0. The number of rotatable bonds is 2. The zero-order valence-corrected chi connectivity index (χ0v) is 13.1. The van der Waals surface area contributed by atoms with E-state index in [1.807, 2.05) is 46.8 Å². The third-order valence-corrected chi connectivity index (χ3v) is 3.18. The molecule has 0 saturated carbocycles. The van der Waals surface area contributed by atoms with Gasteiger partial charge in [0.2, 0.25) is 0 Å². The van der Waals surface area contributed by atoms with Gasteiger partial charge in [-0.1, -0.05) is 26.0 Å². The SMILES string of the molecule is C/C=c1/c(C)cc(=O)n(CC2OCCO2)/c1=C/C.CC. The Balaban J connectivity index is 0.000000956. The van der Waals surface area contributed by atoms with Crippen LogP contribution < -0.4 is 16.1 Å². The van der Waals surface area contributed by atoms with Gasteiger partial charge < -0.3 is 14.0 Å². The lowest BCUT2D eigenvalue weighted by atomic mass is 10.2. The zero-order chi connectivity index (χ0) is 15.1. The van der Waals surface area contributed by atoms with Gasteiger partial charge in [0.15, 0.2) is 6.29 Å². The van der Waals surface area contributed by atoms with Gasteiger partial charge in [0.25, 0.3) is 5.56 Å². The van der Waals surface area contributed by atoms with Crippen molar-refractivity contribution in [1.82, 2.24) is 4.57 Å². The molecule has 1 saturated heterocycles. The van der Waals surface area contributed by atoms with Crippen LogP contribution in [0.15, 0.2) is 10.9 Å². The molecular weight excluding hydrogens is 254 g/mol. The molecule has 2 rings (SSSR count). The first-order valence-electron chi connectivity index (χ1n) is 7.23. The average molecular weight is 279 g/mol. The van der Waals surface area contributed by atoms with E-state index in [0.717, 1.165) is 16.1 Å². The van der Waals surface area contributed by atoms with Crippen LogP contribution in [0.3, 0.4) is 0 Å². The third-order valence-electron chi connectivity index (χ3n) is 3.18. The number of ether oxygens (including phenoxy) is 2. The number of hydrogen-bond donors (Lipinski definition) is 0. The fourth-order valence-corrected chi connectivity index (χ4v) is 2.34. The summed E-state index contributed by atoms with van der Waals surface area (Å²) in [6.07, 6.45) is 3.67. The summed E-state index contributed by atoms with van der Waals surface area (Å²) in [7, 11) is 0. The lowest BCUT2D eigenvalue weighted by molar-refractivity contribution is -0.0535. The number of aryl methyl sites for hydroxylation is 1. The van der Waals surface area contributed by atoms with Crippen LogP contribution in [-0.2, 0) is 16.0 Å². The van der Waals surface area contributed by atoms with Gasteiger partial charge in [-0.25, -0.2) is 0 Å². The fourth-order valence-electron chi connectivity index (χ4n) is 2.34. The number of hydrogen-bond acceptors (Lipinski definition) is 3. The molecule has 0 N–H and O–H groups in total. The van der Waals surface area contributed by atoms with E-state index in [2.05, 4.69) is 0 Å². The molecule has 112 valence electrons. The molecule has 0 amide bonds. The van der Waals surface area contributed by atoms with Crippen LogP contribution in [0.5, 0.6) is 0 Å². The maximum atomic E-state index is 12.1. The van der Waals surface area contributed by atoms with E-state index < -0.39 is 0 Å². The lowest BCUT2D eigenvalue weighted by Gasteiger charge is -2.13. The summed E-state index contributed by atoms with van der Waals surface area (Å²) in [5.41, 5.74) is 0.991. The van der Waals surface area contributed by atoms with Crippen molar-refractivity contribution in [3.05, 3.63) is 32.6 Å². The Hall–Kier alpha value is -1.39. The second kappa shape index (κ2) is 8.02. The topological polar surface area (TPSA) is 40.5 Å². The first-order chi connectivity index (χ1) is 9.67. The zero-order valence-electron chi connectivity index (χ0n) is 13.1. The first kappa shape index (κ1) is 16.7. The number of nitrogens with zero attached hydrogens (tertiary/aromatic N) is 1. The van der Waals surface area contributed by atoms with Gasteiger partial charge in [-0.3, -0.25) is 4.79 Å². The highest BCUT2D eigenvalue weighted by atomic mass is 16.7. The van der Waals surface area contributed by atoms with E-state index in [-0.39, 0.29) is 11.8 Å². The molecule has 0 atom stereocenters. The Bertz CT molecular complexity index is 595. The molecule has 0 aromatic carbocycles. The summed E-state index contributed by atoms with van der Waals surface area (Å²) < 4.78 is 12.5. The van der Waals surface area contributed by atoms with E-state index in [0.29, 0.717) is 19.8 Å². The largest absolute Gasteiger partial charge is 0.348 e. The molecule has 0 aliphatic carbocycles. The van der Waals surface area contributed by atoms with Gasteiger partial charge in [0.05, 0.1) is 19.8 Å². The molecule has 2 heterocycles. The van der Waals surface area contributed by atoms with Gasteiger partial charge in [-0.2, -0.15) is 0 Å². The van der Waals surface area contributed by atoms with Crippen LogP contribution in [0.25, 0.3) is 12.2 Å². The second-order valence-electron chi connectivity index (χ2n) is 4.32. The highest BCUT2D eigenvalue weighted by Gasteiger charge is 2.17. The van der Waals surface area contributed by atoms with Gasteiger partial charge in [-0.05, 0) is 31.6 Å². The molecule has 0 spiro atoms. The highest BCUT2D eigenvalue weighted by molar-refractivity contribution is 5.30. The highest BCUT2D eigenvalue weighted by Crippen LogP contribution is 2.03. The molecule has 1 fully saturated rings. The summed E-state index contributed by atoms with van der Waals surface area (Å²) in [6.45, 7) is 11.5. The molecule has 4 nitrogen and oxygen atoms in total. The quantitative estimate of drug-likeness (QED) is 0.815. The summed E-state index contributed by atoms with van der Waals surface area (Å²) in [6, 6.07) is 1.66. The fraction of sp³-hybridized carbons (Fsp3) is 0.562. The molecule has 1 aromatic rings. The van der Waals surface area contributed by atoms with Crippen LogP contribution in [0, 0.1) is 6.92 Å². The molecule has 0 radical (unpaired) electrons. The summed E-state index contributed by atoms with van der Waals surface area (Å²) >= 11 is 0. The van der Waals surface area contributed by atoms with Crippen molar-refractivity contribution >= 4 is 12.2 Å². The molecule has 4 heteroatoms. The van der Waals surface area contributed by atoms with Crippen LogP contribution in [0.2, 0.25) is 0 Å². The average Bonchev–Trinajstić information content (AvgIpc) is 2.96. The molecule has 1 aromatic heterocycles. The summed E-state index contributed by atoms with van der Waals surface area (Å²) in [4.78, 5) is 12.1. The predicted octanol–water partition coefficient (Wildman–Crippen LogP) is 1.16. The normalized spacial score (nSPS) is 17.2. The summed E-state index contributed by atoms with van der Waals surface area (Å²) in [5, 5.41) is 2.02. The van der Waals surface area contributed by atoms with Crippen molar-refractivity contribution in [2.45, 2.75) is 47.5 Å². The van der Waals surface area contributed by atoms with Crippen LogP contribution >= 0.6 is 0 Å². The second-order valence-corrected chi connectivity index (χ2v) is 4.32. The third kappa shape index (κ3) is 3.58. The Kier molecular flexibility index (Phi) is 6.68. The molecule has 0 unspecified atom stereocenters. The van der Waals surface area contributed by atoms with Gasteiger partial charge in [0.1, 0.15) is 0 Å². The first-order valence-corrected chi connectivity index (χ1v) is 7.23. The lowest BCUT2D eigenvalue weighted by Crippen LogP contribution is -2.46. The molecule has 1 aliphatic heterocycles. The predicted molar refractivity (Wildman–Crippen MR) is 82.0 cm³/mol. The van der Waals surface area contributed by atoms with Gasteiger partial charge in [-0.15, -0.1) is 0 Å². The van der Waals surface area contributed by atoms with E-state index in [1.165, 1.54) is 0 Å².